The van der Waals surface area contributed by atoms with Crippen LogP contribution in [0.2, 0.25) is 0 Å². The van der Waals surface area contributed by atoms with Crippen molar-refractivity contribution in [2.24, 2.45) is 5.41 Å². The van der Waals surface area contributed by atoms with E-state index < -0.39 is 0 Å². The Morgan fingerprint density at radius 3 is 2.26 bits per heavy atom. The number of nitrogens with one attached hydrogen (secondary N) is 1. The molecule has 0 atom stereocenters. The summed E-state index contributed by atoms with van der Waals surface area (Å²) in [6.07, 6.45) is 3.87. The summed E-state index contributed by atoms with van der Waals surface area (Å²) in [6.45, 7) is 11.4. The molecule has 0 spiro atoms. The van der Waals surface area contributed by atoms with Crippen molar-refractivity contribution in [3.63, 3.8) is 0 Å². The molecular formula is C22H35N3O2. The molecule has 0 bridgehead atoms. The topological polar surface area (TPSA) is 52.7 Å². The maximum absolute atomic E-state index is 12.7. The summed E-state index contributed by atoms with van der Waals surface area (Å²) >= 11 is 0. The second kappa shape index (κ2) is 9.36. The number of carbonyl (C=O) groups excluding carboxylic acids is 2. The van der Waals surface area contributed by atoms with Gasteiger partial charge < -0.3 is 15.1 Å². The van der Waals surface area contributed by atoms with E-state index in [0.717, 1.165) is 51.0 Å². The Hall–Kier alpha value is -1.88. The fourth-order valence-electron chi connectivity index (χ4n) is 3.83. The van der Waals surface area contributed by atoms with Gasteiger partial charge in [-0.05, 0) is 50.1 Å². The first-order valence-corrected chi connectivity index (χ1v) is 10.2. The van der Waals surface area contributed by atoms with Gasteiger partial charge in [0, 0.05) is 42.8 Å². The Bertz CT molecular complexity index is 631. The molecule has 2 rings (SSSR count). The summed E-state index contributed by atoms with van der Waals surface area (Å²) in [5, 5.41) is 2.96. The third-order valence-corrected chi connectivity index (χ3v) is 5.76. The molecule has 150 valence electrons. The summed E-state index contributed by atoms with van der Waals surface area (Å²) in [5.74, 6) is 0.155. The van der Waals surface area contributed by atoms with E-state index in [9.17, 15) is 9.59 Å². The number of likely N-dealkylation sites (tertiary alicyclic amines) is 1. The molecule has 5 nitrogen and oxygen atoms in total. The lowest BCUT2D eigenvalue weighted by atomic mass is 9.80. The molecule has 0 aromatic heterocycles. The van der Waals surface area contributed by atoms with Crippen molar-refractivity contribution in [1.82, 2.24) is 9.80 Å². The zero-order valence-electron chi connectivity index (χ0n) is 17.5. The van der Waals surface area contributed by atoms with Gasteiger partial charge in [-0.15, -0.1) is 0 Å². The number of carbonyl (C=O) groups is 2. The molecule has 1 aromatic carbocycles. The average Bonchev–Trinajstić information content (AvgIpc) is 2.67. The first-order valence-electron chi connectivity index (χ1n) is 10.2. The first kappa shape index (κ1) is 21.4. The minimum absolute atomic E-state index is 0.0877. The summed E-state index contributed by atoms with van der Waals surface area (Å²) in [4.78, 5) is 29.4. The minimum atomic E-state index is -0.354. The fourth-order valence-corrected chi connectivity index (χ4v) is 3.83. The maximum atomic E-state index is 12.7. The molecule has 1 N–H and O–H groups in total. The minimum Gasteiger partial charge on any atom is -0.325 e. The molecule has 5 heteroatoms. The molecule has 0 radical (unpaired) electrons. The van der Waals surface area contributed by atoms with Gasteiger partial charge >= 0.3 is 6.03 Å². The quantitative estimate of drug-likeness (QED) is 0.708. The van der Waals surface area contributed by atoms with E-state index in [1.165, 1.54) is 0 Å². The van der Waals surface area contributed by atoms with E-state index in [0.29, 0.717) is 5.56 Å². The molecule has 1 heterocycles. The van der Waals surface area contributed by atoms with Crippen LogP contribution in [0.3, 0.4) is 0 Å². The normalized spacial score (nSPS) is 16.2. The van der Waals surface area contributed by atoms with Crippen LogP contribution in [0.4, 0.5) is 10.5 Å². The molecule has 27 heavy (non-hydrogen) atoms. The number of hydrogen-bond donors (Lipinski definition) is 1. The Labute approximate surface area is 164 Å². The molecule has 1 aliphatic rings. The van der Waals surface area contributed by atoms with Crippen molar-refractivity contribution in [1.29, 1.82) is 0 Å². The maximum Gasteiger partial charge on any atom is 0.321 e. The third-order valence-electron chi connectivity index (χ3n) is 5.76. The highest BCUT2D eigenvalue weighted by molar-refractivity contribution is 6.00. The van der Waals surface area contributed by atoms with Gasteiger partial charge in [-0.1, -0.05) is 34.1 Å². The average molecular weight is 374 g/mol. The highest BCUT2D eigenvalue weighted by Crippen LogP contribution is 2.28. The van der Waals surface area contributed by atoms with E-state index in [4.69, 9.17) is 0 Å². The summed E-state index contributed by atoms with van der Waals surface area (Å²) in [5.41, 5.74) is 1.07. The smallest absolute Gasteiger partial charge is 0.321 e. The van der Waals surface area contributed by atoms with E-state index >= 15 is 0 Å². The zero-order chi connectivity index (χ0) is 20.0. The summed E-state index contributed by atoms with van der Waals surface area (Å²) in [6, 6.07) is 7.46. The second-order valence-electron chi connectivity index (χ2n) is 8.25. The Morgan fingerprint density at radius 1 is 1.15 bits per heavy atom. The molecule has 0 unspecified atom stereocenters. The Morgan fingerprint density at radius 2 is 1.74 bits per heavy atom. The van der Waals surface area contributed by atoms with Gasteiger partial charge in [-0.25, -0.2) is 4.79 Å². The van der Waals surface area contributed by atoms with Crippen LogP contribution in [0.5, 0.6) is 0 Å². The van der Waals surface area contributed by atoms with Crippen LogP contribution in [0.25, 0.3) is 0 Å². The lowest BCUT2D eigenvalue weighted by Gasteiger charge is -2.36. The van der Waals surface area contributed by atoms with Crippen LogP contribution in [0.15, 0.2) is 24.3 Å². The second-order valence-corrected chi connectivity index (χ2v) is 8.25. The highest BCUT2D eigenvalue weighted by atomic mass is 16.2. The van der Waals surface area contributed by atoms with E-state index in [1.807, 2.05) is 50.1 Å². The SMILES string of the molecule is CCCC(C)(C)C(=O)c1ccc(NC(=O)N(C)C2CCN(CC)CC2)cc1. The van der Waals surface area contributed by atoms with Gasteiger partial charge in [0.25, 0.3) is 0 Å². The molecule has 1 fully saturated rings. The summed E-state index contributed by atoms with van der Waals surface area (Å²) < 4.78 is 0. The van der Waals surface area contributed by atoms with Crippen molar-refractivity contribution in [2.45, 2.75) is 59.4 Å². The molecule has 1 aromatic rings. The molecule has 1 aliphatic heterocycles. The van der Waals surface area contributed by atoms with Crippen molar-refractivity contribution >= 4 is 17.5 Å². The number of piperidine rings is 1. The van der Waals surface area contributed by atoms with Gasteiger partial charge in [0.2, 0.25) is 0 Å². The number of nitrogens with zero attached hydrogens (tertiary/aromatic N) is 2. The van der Waals surface area contributed by atoms with Gasteiger partial charge in [0.05, 0.1) is 0 Å². The fraction of sp³-hybridized carbons (Fsp3) is 0.636. The molecule has 0 aliphatic carbocycles. The summed E-state index contributed by atoms with van der Waals surface area (Å²) in [7, 11) is 1.87. The monoisotopic (exact) mass is 373 g/mol. The van der Waals surface area contributed by atoms with Crippen molar-refractivity contribution < 1.29 is 9.59 Å². The number of benzene rings is 1. The van der Waals surface area contributed by atoms with E-state index in [2.05, 4.69) is 24.1 Å². The highest BCUT2D eigenvalue weighted by Gasteiger charge is 2.28. The predicted octanol–water partition coefficient (Wildman–Crippen LogP) is 4.64. The van der Waals surface area contributed by atoms with Gasteiger partial charge in [0.15, 0.2) is 5.78 Å². The first-order chi connectivity index (χ1) is 12.8. The number of Topliss-reactive ketones (excluding diaryl/α,β-unsaturated/α-hetero) is 1. The molecule has 2 amide bonds. The molecular weight excluding hydrogens is 338 g/mol. The lowest BCUT2D eigenvalue weighted by Crippen LogP contribution is -2.46. The van der Waals surface area contributed by atoms with Crippen molar-refractivity contribution in [3.05, 3.63) is 29.8 Å². The standard InChI is InChI=1S/C22H35N3O2/c1-6-14-22(3,4)20(26)17-8-10-18(11-9-17)23-21(27)24(5)19-12-15-25(7-2)16-13-19/h8-11,19H,6-7,12-16H2,1-5H3,(H,23,27). The number of rotatable bonds is 7. The third kappa shape index (κ3) is 5.55. The Balaban J connectivity index is 1.94. The van der Waals surface area contributed by atoms with Crippen molar-refractivity contribution in [2.75, 3.05) is 32.0 Å². The largest absolute Gasteiger partial charge is 0.325 e. The van der Waals surface area contributed by atoms with Crippen LogP contribution in [-0.4, -0.2) is 54.3 Å². The van der Waals surface area contributed by atoms with Crippen LogP contribution in [0, 0.1) is 5.41 Å². The van der Waals surface area contributed by atoms with Crippen LogP contribution >= 0.6 is 0 Å². The molecule has 1 saturated heterocycles. The number of anilines is 1. The van der Waals surface area contributed by atoms with E-state index in [-0.39, 0.29) is 23.3 Å². The number of urea groups is 1. The van der Waals surface area contributed by atoms with E-state index in [1.54, 1.807) is 0 Å². The molecule has 0 saturated carbocycles. The van der Waals surface area contributed by atoms with Crippen LogP contribution < -0.4 is 5.32 Å². The van der Waals surface area contributed by atoms with Crippen molar-refractivity contribution in [3.8, 4) is 0 Å². The number of amides is 2. The number of ketones is 1. The Kier molecular flexibility index (Phi) is 7.42. The van der Waals surface area contributed by atoms with Gasteiger partial charge in [0.1, 0.15) is 0 Å². The lowest BCUT2D eigenvalue weighted by molar-refractivity contribution is 0.0825. The van der Waals surface area contributed by atoms with Crippen LogP contribution in [0.1, 0.15) is 63.7 Å². The number of hydrogen-bond acceptors (Lipinski definition) is 3. The van der Waals surface area contributed by atoms with Crippen LogP contribution in [-0.2, 0) is 0 Å². The van der Waals surface area contributed by atoms with Gasteiger partial charge in [-0.3, -0.25) is 4.79 Å². The predicted molar refractivity (Wildman–Crippen MR) is 111 cm³/mol. The van der Waals surface area contributed by atoms with Gasteiger partial charge in [-0.2, -0.15) is 0 Å². The zero-order valence-corrected chi connectivity index (χ0v) is 17.5.